The number of carboxylic acids is 1. The molecule has 0 spiro atoms. The molecular formula is C19H16NO4S2-. The van der Waals surface area contributed by atoms with E-state index in [-0.39, 0.29) is 5.56 Å². The lowest BCUT2D eigenvalue weighted by Crippen LogP contribution is -2.18. The topological polar surface area (TPSA) is 80.7 Å². The summed E-state index contributed by atoms with van der Waals surface area (Å²) in [6.07, 6.45) is 1.56. The van der Waals surface area contributed by atoms with E-state index in [0.29, 0.717) is 10.7 Å². The monoisotopic (exact) mass is 386 g/mol. The fourth-order valence-corrected chi connectivity index (χ4v) is 4.04. The van der Waals surface area contributed by atoms with Gasteiger partial charge in [0.1, 0.15) is 5.00 Å². The summed E-state index contributed by atoms with van der Waals surface area (Å²) in [5.74, 6) is -0.932. The van der Waals surface area contributed by atoms with Crippen LogP contribution in [0.1, 0.15) is 21.5 Å². The van der Waals surface area contributed by atoms with E-state index in [1.807, 2.05) is 35.7 Å². The molecule has 1 unspecified atom stereocenters. The first-order valence-corrected chi connectivity index (χ1v) is 9.80. The standard InChI is InChI=1S/C19H17NO4S2/c21-19(22)16-9-5-14(6-10-16)3-4-15-7-11-17(12-8-15)20(26(23)24)18-2-1-13-25-18/h1-2,5-13H,3-4H2,(H,21,22)(H,23,24)/p-1. The summed E-state index contributed by atoms with van der Waals surface area (Å²) >= 11 is -1.02. The third-order valence-electron chi connectivity index (χ3n) is 3.93. The van der Waals surface area contributed by atoms with E-state index >= 15 is 0 Å². The predicted molar refractivity (Wildman–Crippen MR) is 103 cm³/mol. The van der Waals surface area contributed by atoms with Crippen LogP contribution in [-0.4, -0.2) is 19.8 Å². The Bertz CT molecular complexity index is 890. The van der Waals surface area contributed by atoms with Crippen molar-refractivity contribution >= 4 is 39.3 Å². The Labute approximate surface area is 158 Å². The Balaban J connectivity index is 1.67. The average Bonchev–Trinajstić information content (AvgIpc) is 3.15. The molecule has 0 saturated heterocycles. The molecule has 134 valence electrons. The zero-order chi connectivity index (χ0) is 18.5. The molecule has 0 fully saturated rings. The zero-order valence-corrected chi connectivity index (χ0v) is 15.3. The van der Waals surface area contributed by atoms with Crippen LogP contribution in [0, 0.1) is 0 Å². The Morgan fingerprint density at radius 1 is 1.00 bits per heavy atom. The number of hydrogen-bond donors (Lipinski definition) is 1. The molecule has 2 aromatic carbocycles. The lowest BCUT2D eigenvalue weighted by Gasteiger charge is -2.24. The van der Waals surface area contributed by atoms with E-state index in [2.05, 4.69) is 0 Å². The largest absolute Gasteiger partial charge is 0.755 e. The van der Waals surface area contributed by atoms with Crippen molar-refractivity contribution < 1.29 is 18.7 Å². The van der Waals surface area contributed by atoms with Gasteiger partial charge in [0.15, 0.2) is 0 Å². The van der Waals surface area contributed by atoms with E-state index in [9.17, 15) is 13.6 Å². The molecule has 0 bridgehead atoms. The summed E-state index contributed by atoms with van der Waals surface area (Å²) < 4.78 is 24.4. The second-order valence-corrected chi connectivity index (χ2v) is 7.36. The van der Waals surface area contributed by atoms with Crippen LogP contribution < -0.4 is 4.31 Å². The molecule has 3 aromatic rings. The molecule has 7 heteroatoms. The van der Waals surface area contributed by atoms with Crippen molar-refractivity contribution in [1.82, 2.24) is 0 Å². The van der Waals surface area contributed by atoms with Crippen molar-refractivity contribution in [1.29, 1.82) is 0 Å². The van der Waals surface area contributed by atoms with Gasteiger partial charge >= 0.3 is 5.97 Å². The number of benzene rings is 2. The average molecular weight is 386 g/mol. The summed E-state index contributed by atoms with van der Waals surface area (Å²) in [5, 5.41) is 11.4. The van der Waals surface area contributed by atoms with Gasteiger partial charge in [-0.3, -0.25) is 8.51 Å². The number of aromatic carboxylic acids is 1. The normalized spacial score (nSPS) is 11.9. The number of carbonyl (C=O) groups is 1. The molecule has 0 aliphatic heterocycles. The van der Waals surface area contributed by atoms with Gasteiger partial charge in [0, 0.05) is 0 Å². The molecule has 26 heavy (non-hydrogen) atoms. The van der Waals surface area contributed by atoms with Crippen LogP contribution in [0.3, 0.4) is 0 Å². The van der Waals surface area contributed by atoms with Gasteiger partial charge in [-0.05, 0) is 65.7 Å². The summed E-state index contributed by atoms with van der Waals surface area (Å²) in [6, 6.07) is 17.8. The number of nitrogens with zero attached hydrogens (tertiary/aromatic N) is 1. The second kappa shape index (κ2) is 8.27. The molecule has 1 aromatic heterocycles. The van der Waals surface area contributed by atoms with Crippen LogP contribution in [0.4, 0.5) is 10.7 Å². The van der Waals surface area contributed by atoms with E-state index in [1.165, 1.54) is 15.6 Å². The van der Waals surface area contributed by atoms with Gasteiger partial charge in [0.2, 0.25) is 0 Å². The minimum Gasteiger partial charge on any atom is -0.755 e. The number of hydrogen-bond acceptors (Lipinski definition) is 4. The Morgan fingerprint density at radius 2 is 1.58 bits per heavy atom. The molecule has 5 nitrogen and oxygen atoms in total. The van der Waals surface area contributed by atoms with Crippen LogP contribution in [-0.2, 0) is 24.1 Å². The van der Waals surface area contributed by atoms with Gasteiger partial charge in [0.25, 0.3) is 0 Å². The quantitative estimate of drug-likeness (QED) is 0.618. The second-order valence-electron chi connectivity index (χ2n) is 5.63. The fourth-order valence-electron chi connectivity index (χ4n) is 2.57. The maximum absolute atomic E-state index is 11.6. The van der Waals surface area contributed by atoms with Gasteiger partial charge in [-0.1, -0.05) is 24.3 Å². The first kappa shape index (κ1) is 18.3. The summed E-state index contributed by atoms with van der Waals surface area (Å²) in [6.45, 7) is 0. The molecule has 0 radical (unpaired) electrons. The van der Waals surface area contributed by atoms with Crippen LogP contribution in [0.25, 0.3) is 0 Å². The third-order valence-corrected chi connectivity index (χ3v) is 5.60. The van der Waals surface area contributed by atoms with E-state index in [1.54, 1.807) is 30.3 Å². The number of thiophene rings is 1. The first-order valence-electron chi connectivity index (χ1n) is 7.89. The van der Waals surface area contributed by atoms with Crippen LogP contribution in [0.2, 0.25) is 0 Å². The highest BCUT2D eigenvalue weighted by Crippen LogP contribution is 2.30. The Morgan fingerprint density at radius 3 is 2.04 bits per heavy atom. The summed E-state index contributed by atoms with van der Waals surface area (Å²) in [4.78, 5) is 10.9. The lowest BCUT2D eigenvalue weighted by molar-refractivity contribution is 0.0697. The van der Waals surface area contributed by atoms with E-state index in [4.69, 9.17) is 5.11 Å². The van der Waals surface area contributed by atoms with Crippen LogP contribution in [0.15, 0.2) is 66.0 Å². The minimum absolute atomic E-state index is 0.275. The highest BCUT2D eigenvalue weighted by molar-refractivity contribution is 7.81. The maximum Gasteiger partial charge on any atom is 0.335 e. The molecule has 1 heterocycles. The summed E-state index contributed by atoms with van der Waals surface area (Å²) in [5.41, 5.74) is 3.01. The third kappa shape index (κ3) is 4.37. The molecular weight excluding hydrogens is 370 g/mol. The van der Waals surface area contributed by atoms with Crippen LogP contribution in [0.5, 0.6) is 0 Å². The minimum atomic E-state index is -2.38. The number of carboxylic acid groups (broad SMARTS) is 1. The summed E-state index contributed by atoms with van der Waals surface area (Å²) in [7, 11) is 0. The predicted octanol–water partition coefficient (Wildman–Crippen LogP) is 4.16. The molecule has 0 amide bonds. The highest BCUT2D eigenvalue weighted by Gasteiger charge is 2.11. The highest BCUT2D eigenvalue weighted by atomic mass is 32.2. The van der Waals surface area contributed by atoms with Crippen molar-refractivity contribution in [2.45, 2.75) is 12.8 Å². The fraction of sp³-hybridized carbons (Fsp3) is 0.105. The molecule has 0 saturated carbocycles. The van der Waals surface area contributed by atoms with Crippen molar-refractivity contribution in [3.05, 3.63) is 82.7 Å². The Kier molecular flexibility index (Phi) is 5.82. The van der Waals surface area contributed by atoms with Gasteiger partial charge in [0.05, 0.1) is 22.5 Å². The van der Waals surface area contributed by atoms with Gasteiger partial charge < -0.3 is 9.66 Å². The molecule has 1 N–H and O–H groups in total. The van der Waals surface area contributed by atoms with Crippen LogP contribution >= 0.6 is 11.3 Å². The first-order chi connectivity index (χ1) is 12.5. The van der Waals surface area contributed by atoms with Gasteiger partial charge in [-0.2, -0.15) is 0 Å². The van der Waals surface area contributed by atoms with Crippen molar-refractivity contribution in [3.8, 4) is 0 Å². The van der Waals surface area contributed by atoms with E-state index < -0.39 is 17.2 Å². The molecule has 0 aliphatic carbocycles. The Hall–Kier alpha value is -2.48. The molecule has 1 atom stereocenters. The van der Waals surface area contributed by atoms with Crippen molar-refractivity contribution in [2.75, 3.05) is 4.31 Å². The SMILES string of the molecule is O=C(O)c1ccc(CCc2ccc(N(c3cccs3)S(=O)[O-])cc2)cc1. The van der Waals surface area contributed by atoms with E-state index in [0.717, 1.165) is 24.0 Å². The van der Waals surface area contributed by atoms with Crippen molar-refractivity contribution in [2.24, 2.45) is 0 Å². The number of rotatable bonds is 7. The van der Waals surface area contributed by atoms with Crippen molar-refractivity contribution in [3.63, 3.8) is 0 Å². The maximum atomic E-state index is 11.6. The smallest absolute Gasteiger partial charge is 0.335 e. The lowest BCUT2D eigenvalue weighted by atomic mass is 10.0. The molecule has 3 rings (SSSR count). The zero-order valence-electron chi connectivity index (χ0n) is 13.7. The number of anilines is 2. The van der Waals surface area contributed by atoms with Gasteiger partial charge in [-0.25, -0.2) is 4.79 Å². The van der Waals surface area contributed by atoms with Gasteiger partial charge in [-0.15, -0.1) is 11.3 Å². The number of aryl methyl sites for hydroxylation is 2. The molecule has 0 aliphatic rings.